The van der Waals surface area contributed by atoms with Crippen molar-refractivity contribution in [2.75, 3.05) is 6.54 Å². The maximum Gasteiger partial charge on any atom is 0.411 e. The molecule has 1 fully saturated rings. The first-order valence-electron chi connectivity index (χ1n) is 12.8. The molecule has 0 saturated carbocycles. The second-order valence-corrected chi connectivity index (χ2v) is 10.8. The predicted octanol–water partition coefficient (Wildman–Crippen LogP) is 5.67. The number of hydrogen-bond acceptors (Lipinski definition) is 8. The number of amides is 1. The molecular weight excluding hydrogens is 502 g/mol. The lowest BCUT2D eigenvalue weighted by atomic mass is 10.2. The number of nitrogens with zero attached hydrogens (tertiary/aromatic N) is 3. The van der Waals surface area contributed by atoms with Gasteiger partial charge in [0.2, 0.25) is 5.58 Å². The van der Waals surface area contributed by atoms with Crippen molar-refractivity contribution in [3.05, 3.63) is 48.5 Å². The Morgan fingerprint density at radius 2 is 1.79 bits per heavy atom. The number of carboxylic acids is 1. The second-order valence-electron chi connectivity index (χ2n) is 10.8. The highest BCUT2D eigenvalue weighted by molar-refractivity contribution is 6.04. The van der Waals surface area contributed by atoms with Crippen LogP contribution < -0.4 is 9.47 Å². The zero-order valence-corrected chi connectivity index (χ0v) is 22.5. The Balaban J connectivity index is 1.51. The highest BCUT2D eigenvalue weighted by Crippen LogP contribution is 2.36. The molecule has 10 heteroatoms. The van der Waals surface area contributed by atoms with Gasteiger partial charge in [-0.3, -0.25) is 4.90 Å². The molecule has 2 unspecified atom stereocenters. The summed E-state index contributed by atoms with van der Waals surface area (Å²) in [6, 6.07) is 13.8. The molecule has 0 bridgehead atoms. The van der Waals surface area contributed by atoms with Crippen LogP contribution in [-0.2, 0) is 9.53 Å². The number of carbonyl (C=O) groups excluding carboxylic acids is 1. The van der Waals surface area contributed by atoms with Gasteiger partial charge in [0.05, 0.1) is 12.6 Å². The van der Waals surface area contributed by atoms with Gasteiger partial charge in [-0.2, -0.15) is 4.98 Å². The van der Waals surface area contributed by atoms with Crippen molar-refractivity contribution >= 4 is 34.1 Å². The predicted molar refractivity (Wildman–Crippen MR) is 144 cm³/mol. The summed E-state index contributed by atoms with van der Waals surface area (Å²) in [4.78, 5) is 35.4. The van der Waals surface area contributed by atoms with Crippen molar-refractivity contribution in [2.24, 2.45) is 0 Å². The molecule has 1 N–H and O–H groups in total. The van der Waals surface area contributed by atoms with Crippen LogP contribution in [0.15, 0.2) is 52.9 Å². The third-order valence-corrected chi connectivity index (χ3v) is 6.13. The van der Waals surface area contributed by atoms with E-state index in [9.17, 15) is 14.7 Å². The number of likely N-dealkylation sites (tertiary alicyclic amines) is 1. The standard InChI is InChI=1S/C29H31N3O7/c1-16(2)36-18-12-10-17(11-13-18)25-30-23-20-8-6-7-9-22(20)38-24(23)26(31-25)37-19-14-21(27(33)34)32(15-19)28(35)39-29(3,4)5/h6-13,16,19,21H,14-15H2,1-5H3,(H,33,34). The normalized spacial score (nSPS) is 17.6. The zero-order valence-electron chi connectivity index (χ0n) is 22.5. The van der Waals surface area contributed by atoms with E-state index in [0.717, 1.165) is 16.7 Å². The van der Waals surface area contributed by atoms with E-state index in [2.05, 4.69) is 4.98 Å². The Morgan fingerprint density at radius 1 is 1.08 bits per heavy atom. The van der Waals surface area contributed by atoms with Crippen molar-refractivity contribution in [3.63, 3.8) is 0 Å². The number of hydrogen-bond donors (Lipinski definition) is 1. The van der Waals surface area contributed by atoms with E-state index in [4.69, 9.17) is 23.6 Å². The topological polar surface area (TPSA) is 124 Å². The summed E-state index contributed by atoms with van der Waals surface area (Å²) in [5.74, 6) is 0.187. The minimum atomic E-state index is -1.13. The molecule has 2 aromatic heterocycles. The lowest BCUT2D eigenvalue weighted by Gasteiger charge is -2.26. The summed E-state index contributed by atoms with van der Waals surface area (Å²) >= 11 is 0. The van der Waals surface area contributed by atoms with E-state index < -0.39 is 29.8 Å². The molecule has 3 heterocycles. The molecule has 2 atom stereocenters. The molecule has 1 saturated heterocycles. The van der Waals surface area contributed by atoms with Crippen molar-refractivity contribution in [3.8, 4) is 23.0 Å². The van der Waals surface area contributed by atoms with Gasteiger partial charge in [0.1, 0.15) is 34.6 Å². The SMILES string of the molecule is CC(C)Oc1ccc(-c2nc(OC3CC(C(=O)O)N(C(=O)OC(C)(C)C)C3)c3oc4ccccc4c3n2)cc1. The van der Waals surface area contributed by atoms with Crippen molar-refractivity contribution in [1.82, 2.24) is 14.9 Å². The minimum absolute atomic E-state index is 0.0220. The maximum atomic E-state index is 12.8. The van der Waals surface area contributed by atoms with Gasteiger partial charge in [-0.1, -0.05) is 12.1 Å². The van der Waals surface area contributed by atoms with Crippen molar-refractivity contribution in [1.29, 1.82) is 0 Å². The third kappa shape index (κ3) is 5.59. The van der Waals surface area contributed by atoms with E-state index in [1.165, 1.54) is 4.90 Å². The minimum Gasteiger partial charge on any atom is -0.491 e. The van der Waals surface area contributed by atoms with Crippen LogP contribution in [0.25, 0.3) is 33.5 Å². The second kappa shape index (κ2) is 10.1. The highest BCUT2D eigenvalue weighted by atomic mass is 16.6. The first kappa shape index (κ1) is 26.3. The number of benzene rings is 2. The Bertz CT molecular complexity index is 1520. The Kier molecular flexibility index (Phi) is 6.80. The van der Waals surface area contributed by atoms with Crippen LogP contribution in [0.2, 0.25) is 0 Å². The van der Waals surface area contributed by atoms with E-state index in [-0.39, 0.29) is 24.9 Å². The van der Waals surface area contributed by atoms with Gasteiger partial charge in [0.25, 0.3) is 5.88 Å². The van der Waals surface area contributed by atoms with E-state index in [0.29, 0.717) is 22.5 Å². The van der Waals surface area contributed by atoms with Gasteiger partial charge in [0, 0.05) is 17.4 Å². The third-order valence-electron chi connectivity index (χ3n) is 6.13. The molecule has 204 valence electrons. The number of fused-ring (bicyclic) bond motifs is 3. The zero-order chi connectivity index (χ0) is 27.9. The number of aromatic nitrogens is 2. The number of rotatable bonds is 6. The molecule has 5 rings (SSSR count). The maximum absolute atomic E-state index is 12.8. The van der Waals surface area contributed by atoms with Gasteiger partial charge >= 0.3 is 12.1 Å². The van der Waals surface area contributed by atoms with Crippen LogP contribution in [0.3, 0.4) is 0 Å². The smallest absolute Gasteiger partial charge is 0.411 e. The number of carboxylic acid groups (broad SMARTS) is 1. The lowest BCUT2D eigenvalue weighted by Crippen LogP contribution is -2.43. The van der Waals surface area contributed by atoms with Gasteiger partial charge in [0.15, 0.2) is 5.82 Å². The molecular formula is C29H31N3O7. The molecule has 4 aromatic rings. The molecule has 0 radical (unpaired) electrons. The van der Waals surface area contributed by atoms with Crippen LogP contribution in [0.5, 0.6) is 11.6 Å². The number of ether oxygens (including phenoxy) is 3. The summed E-state index contributed by atoms with van der Waals surface area (Å²) in [5.41, 5.74) is 1.52. The van der Waals surface area contributed by atoms with Crippen LogP contribution in [0.1, 0.15) is 41.0 Å². The number of furan rings is 1. The highest BCUT2D eigenvalue weighted by Gasteiger charge is 2.43. The summed E-state index contributed by atoms with van der Waals surface area (Å²) in [7, 11) is 0. The summed E-state index contributed by atoms with van der Waals surface area (Å²) in [5, 5.41) is 10.6. The number of aliphatic carboxylic acids is 1. The Morgan fingerprint density at radius 3 is 2.46 bits per heavy atom. The number of carbonyl (C=O) groups is 2. The van der Waals surface area contributed by atoms with Gasteiger partial charge in [-0.05, 0) is 71.0 Å². The van der Waals surface area contributed by atoms with E-state index in [1.54, 1.807) is 20.8 Å². The fourth-order valence-corrected chi connectivity index (χ4v) is 4.53. The van der Waals surface area contributed by atoms with E-state index >= 15 is 0 Å². The van der Waals surface area contributed by atoms with Crippen molar-refractivity contribution < 1.29 is 33.3 Å². The van der Waals surface area contributed by atoms with Gasteiger partial charge in [-0.25, -0.2) is 14.6 Å². The molecule has 0 aliphatic carbocycles. The fraction of sp³-hybridized carbons (Fsp3) is 0.379. The van der Waals surface area contributed by atoms with E-state index in [1.807, 2.05) is 62.4 Å². The summed E-state index contributed by atoms with van der Waals surface area (Å²) < 4.78 is 23.5. The summed E-state index contributed by atoms with van der Waals surface area (Å²) in [6.45, 7) is 9.13. The molecule has 2 aromatic carbocycles. The van der Waals surface area contributed by atoms with Crippen LogP contribution in [0, 0.1) is 0 Å². The quantitative estimate of drug-likeness (QED) is 0.334. The molecule has 10 nitrogen and oxygen atoms in total. The van der Waals surface area contributed by atoms with Crippen LogP contribution in [0.4, 0.5) is 4.79 Å². The van der Waals surface area contributed by atoms with Gasteiger partial charge < -0.3 is 23.7 Å². The first-order chi connectivity index (χ1) is 18.5. The summed E-state index contributed by atoms with van der Waals surface area (Å²) in [6.07, 6.45) is -1.25. The molecule has 0 spiro atoms. The average molecular weight is 534 g/mol. The Labute approximate surface area is 225 Å². The van der Waals surface area contributed by atoms with Crippen LogP contribution in [-0.4, -0.2) is 62.4 Å². The molecule has 1 aliphatic heterocycles. The largest absolute Gasteiger partial charge is 0.491 e. The van der Waals surface area contributed by atoms with Crippen LogP contribution >= 0.6 is 0 Å². The number of para-hydroxylation sites is 1. The average Bonchev–Trinajstić information content (AvgIpc) is 3.45. The van der Waals surface area contributed by atoms with Crippen molar-refractivity contribution in [2.45, 2.75) is 64.9 Å². The molecule has 1 amide bonds. The molecule has 1 aliphatic rings. The van der Waals surface area contributed by atoms with Gasteiger partial charge in [-0.15, -0.1) is 0 Å². The fourth-order valence-electron chi connectivity index (χ4n) is 4.53. The molecule has 39 heavy (non-hydrogen) atoms. The Hall–Kier alpha value is -4.34. The first-order valence-corrected chi connectivity index (χ1v) is 12.8. The lowest BCUT2D eigenvalue weighted by molar-refractivity contribution is -0.142. The monoisotopic (exact) mass is 533 g/mol.